The van der Waals surface area contributed by atoms with Gasteiger partial charge in [-0.2, -0.15) is 5.10 Å². The summed E-state index contributed by atoms with van der Waals surface area (Å²) in [5, 5.41) is 7.32. The third kappa shape index (κ3) is 2.65. The van der Waals surface area contributed by atoms with Crippen LogP contribution in [-0.2, 0) is 6.54 Å². The van der Waals surface area contributed by atoms with Crippen molar-refractivity contribution in [1.29, 1.82) is 0 Å². The number of aromatic nitrogens is 4. The van der Waals surface area contributed by atoms with Crippen LogP contribution in [0.15, 0.2) is 29.3 Å². The first-order valence-electron chi connectivity index (χ1n) is 5.02. The average Bonchev–Trinajstić information content (AvgIpc) is 2.74. The van der Waals surface area contributed by atoms with Crippen molar-refractivity contribution >= 4 is 15.9 Å². The standard InChI is InChI=1S/C10H12BrN5/c1-2-12-3-8-4-13-10(14-5-8)16-7-9(11)6-15-16/h4-7,12H,2-3H2,1H3. The third-order valence-electron chi connectivity index (χ3n) is 2.03. The molecule has 5 nitrogen and oxygen atoms in total. The predicted octanol–water partition coefficient (Wildman–Crippen LogP) is 1.53. The zero-order valence-corrected chi connectivity index (χ0v) is 10.5. The first-order valence-corrected chi connectivity index (χ1v) is 5.81. The first-order chi connectivity index (χ1) is 7.79. The van der Waals surface area contributed by atoms with Crippen molar-refractivity contribution in [3.63, 3.8) is 0 Å². The van der Waals surface area contributed by atoms with Crippen molar-refractivity contribution in [3.8, 4) is 5.95 Å². The molecule has 84 valence electrons. The number of nitrogens with one attached hydrogen (secondary N) is 1. The van der Waals surface area contributed by atoms with Gasteiger partial charge in [-0.3, -0.25) is 0 Å². The van der Waals surface area contributed by atoms with Gasteiger partial charge in [0, 0.05) is 30.7 Å². The molecule has 0 bridgehead atoms. The van der Waals surface area contributed by atoms with E-state index in [1.165, 1.54) is 0 Å². The second-order valence-electron chi connectivity index (χ2n) is 3.27. The van der Waals surface area contributed by atoms with Crippen LogP contribution < -0.4 is 5.32 Å². The van der Waals surface area contributed by atoms with Gasteiger partial charge >= 0.3 is 0 Å². The Labute approximate surface area is 102 Å². The van der Waals surface area contributed by atoms with E-state index >= 15 is 0 Å². The Morgan fingerprint density at radius 1 is 1.31 bits per heavy atom. The summed E-state index contributed by atoms with van der Waals surface area (Å²) in [6.07, 6.45) is 7.14. The Bertz CT molecular complexity index is 450. The Kier molecular flexibility index (Phi) is 3.63. The monoisotopic (exact) mass is 281 g/mol. The van der Waals surface area contributed by atoms with Gasteiger partial charge in [0.1, 0.15) is 0 Å². The van der Waals surface area contributed by atoms with Crippen molar-refractivity contribution in [2.45, 2.75) is 13.5 Å². The maximum absolute atomic E-state index is 4.24. The smallest absolute Gasteiger partial charge is 0.250 e. The molecule has 0 radical (unpaired) electrons. The molecular formula is C10H12BrN5. The maximum atomic E-state index is 4.24. The topological polar surface area (TPSA) is 55.6 Å². The zero-order valence-electron chi connectivity index (χ0n) is 8.89. The lowest BCUT2D eigenvalue weighted by Crippen LogP contribution is -2.12. The van der Waals surface area contributed by atoms with E-state index in [1.807, 2.05) is 6.20 Å². The highest BCUT2D eigenvalue weighted by Crippen LogP contribution is 2.09. The fourth-order valence-corrected chi connectivity index (χ4v) is 1.52. The Balaban J connectivity index is 2.13. The molecule has 0 amide bonds. The van der Waals surface area contributed by atoms with Crippen LogP contribution >= 0.6 is 15.9 Å². The summed E-state index contributed by atoms with van der Waals surface area (Å²) < 4.78 is 2.54. The van der Waals surface area contributed by atoms with Gasteiger partial charge in [0.25, 0.3) is 0 Å². The largest absolute Gasteiger partial charge is 0.313 e. The van der Waals surface area contributed by atoms with Gasteiger partial charge in [-0.05, 0) is 22.5 Å². The van der Waals surface area contributed by atoms with Crippen molar-refractivity contribution in [2.75, 3.05) is 6.54 Å². The molecular weight excluding hydrogens is 270 g/mol. The molecule has 0 spiro atoms. The third-order valence-corrected chi connectivity index (χ3v) is 2.44. The molecule has 6 heteroatoms. The van der Waals surface area contributed by atoms with Gasteiger partial charge in [0.15, 0.2) is 0 Å². The van der Waals surface area contributed by atoms with E-state index in [2.05, 4.69) is 43.2 Å². The second-order valence-corrected chi connectivity index (χ2v) is 4.19. The van der Waals surface area contributed by atoms with Crippen molar-refractivity contribution in [3.05, 3.63) is 34.8 Å². The highest BCUT2D eigenvalue weighted by molar-refractivity contribution is 9.10. The minimum atomic E-state index is 0.575. The summed E-state index contributed by atoms with van der Waals surface area (Å²) in [5.41, 5.74) is 1.07. The quantitative estimate of drug-likeness (QED) is 0.924. The Morgan fingerprint density at radius 3 is 2.62 bits per heavy atom. The molecule has 0 atom stereocenters. The second kappa shape index (κ2) is 5.18. The van der Waals surface area contributed by atoms with Gasteiger partial charge in [-0.15, -0.1) is 0 Å². The van der Waals surface area contributed by atoms with Crippen LogP contribution in [0.5, 0.6) is 0 Å². The molecule has 2 heterocycles. The molecule has 0 aromatic carbocycles. The van der Waals surface area contributed by atoms with Crippen molar-refractivity contribution in [1.82, 2.24) is 25.1 Å². The Morgan fingerprint density at radius 2 is 2.06 bits per heavy atom. The van der Waals surface area contributed by atoms with Crippen LogP contribution in [0.1, 0.15) is 12.5 Å². The molecule has 0 unspecified atom stereocenters. The van der Waals surface area contributed by atoms with Crippen LogP contribution in [-0.4, -0.2) is 26.3 Å². The molecule has 0 aliphatic heterocycles. The highest BCUT2D eigenvalue weighted by Gasteiger charge is 2.01. The van der Waals surface area contributed by atoms with Gasteiger partial charge in [0.2, 0.25) is 5.95 Å². The minimum absolute atomic E-state index is 0.575. The van der Waals surface area contributed by atoms with Gasteiger partial charge in [-0.1, -0.05) is 6.92 Å². The van der Waals surface area contributed by atoms with Gasteiger partial charge < -0.3 is 5.32 Å². The van der Waals surface area contributed by atoms with E-state index in [9.17, 15) is 0 Å². The number of hydrogen-bond donors (Lipinski definition) is 1. The Hall–Kier alpha value is -1.27. The molecule has 0 saturated heterocycles. The van der Waals surface area contributed by atoms with E-state index in [0.717, 1.165) is 23.1 Å². The molecule has 0 aliphatic carbocycles. The summed E-state index contributed by atoms with van der Waals surface area (Å²) in [5.74, 6) is 0.575. The average molecular weight is 282 g/mol. The molecule has 2 aromatic heterocycles. The predicted molar refractivity (Wildman–Crippen MR) is 64.2 cm³/mol. The van der Waals surface area contributed by atoms with Crippen molar-refractivity contribution < 1.29 is 0 Å². The number of rotatable bonds is 4. The van der Waals surface area contributed by atoms with Crippen molar-refractivity contribution in [2.24, 2.45) is 0 Å². The lowest BCUT2D eigenvalue weighted by Gasteiger charge is -2.02. The first kappa shape index (κ1) is 11.2. The molecule has 0 saturated carbocycles. The summed E-state index contributed by atoms with van der Waals surface area (Å²) in [6.45, 7) is 3.80. The summed E-state index contributed by atoms with van der Waals surface area (Å²) in [4.78, 5) is 8.49. The van der Waals surface area contributed by atoms with Crippen LogP contribution in [0.4, 0.5) is 0 Å². The van der Waals surface area contributed by atoms with Crippen LogP contribution in [0.2, 0.25) is 0 Å². The van der Waals surface area contributed by atoms with Crippen LogP contribution in [0.3, 0.4) is 0 Å². The maximum Gasteiger partial charge on any atom is 0.250 e. The number of nitrogens with zero attached hydrogens (tertiary/aromatic N) is 4. The van der Waals surface area contributed by atoms with E-state index in [4.69, 9.17) is 0 Å². The fourth-order valence-electron chi connectivity index (χ4n) is 1.24. The molecule has 1 N–H and O–H groups in total. The molecule has 16 heavy (non-hydrogen) atoms. The minimum Gasteiger partial charge on any atom is -0.313 e. The molecule has 0 aliphatic rings. The van der Waals surface area contributed by atoms with Gasteiger partial charge in [0.05, 0.1) is 10.7 Å². The number of hydrogen-bond acceptors (Lipinski definition) is 4. The summed E-state index contributed by atoms with van der Waals surface area (Å²) >= 11 is 3.33. The highest BCUT2D eigenvalue weighted by atomic mass is 79.9. The molecule has 2 rings (SSSR count). The molecule has 2 aromatic rings. The zero-order chi connectivity index (χ0) is 11.4. The van der Waals surface area contributed by atoms with E-state index in [1.54, 1.807) is 23.3 Å². The van der Waals surface area contributed by atoms with Crippen LogP contribution in [0, 0.1) is 0 Å². The van der Waals surface area contributed by atoms with E-state index in [0.29, 0.717) is 5.95 Å². The summed E-state index contributed by atoms with van der Waals surface area (Å²) in [7, 11) is 0. The number of halogens is 1. The van der Waals surface area contributed by atoms with Crippen LogP contribution in [0.25, 0.3) is 5.95 Å². The van der Waals surface area contributed by atoms with Gasteiger partial charge in [-0.25, -0.2) is 14.6 Å². The normalized spacial score (nSPS) is 10.6. The van der Waals surface area contributed by atoms with E-state index < -0.39 is 0 Å². The molecule has 0 fully saturated rings. The SMILES string of the molecule is CCNCc1cnc(-n2cc(Br)cn2)nc1. The fraction of sp³-hybridized carbons (Fsp3) is 0.300. The lowest BCUT2D eigenvalue weighted by atomic mass is 10.3. The lowest BCUT2D eigenvalue weighted by molar-refractivity contribution is 0.715. The summed E-state index contributed by atoms with van der Waals surface area (Å²) in [6, 6.07) is 0. The van der Waals surface area contributed by atoms with E-state index in [-0.39, 0.29) is 0 Å².